The lowest BCUT2D eigenvalue weighted by Gasteiger charge is -2.18. The minimum Gasteiger partial charge on any atom is -0.314 e. The molecule has 0 aliphatic rings. The van der Waals surface area contributed by atoms with E-state index in [1.54, 1.807) is 0 Å². The fourth-order valence-electron chi connectivity index (χ4n) is 2.16. The van der Waals surface area contributed by atoms with Gasteiger partial charge in [0.25, 0.3) is 0 Å². The largest absolute Gasteiger partial charge is 0.314 e. The van der Waals surface area contributed by atoms with E-state index in [0.717, 1.165) is 22.5 Å². The fraction of sp³-hybridized carbons (Fsp3) is 0.600. The van der Waals surface area contributed by atoms with Gasteiger partial charge in [-0.2, -0.15) is 0 Å². The molecular weight excluding hydrogens is 310 g/mol. The number of halogens is 2. The topological polar surface area (TPSA) is 12.0 Å². The average molecular weight is 333 g/mol. The molecule has 1 unspecified atom stereocenters. The predicted octanol–water partition coefficient (Wildman–Crippen LogP) is 5.20. The van der Waals surface area contributed by atoms with Crippen molar-refractivity contribution >= 4 is 27.5 Å². The molecule has 1 aromatic rings. The van der Waals surface area contributed by atoms with Crippen LogP contribution in [0.25, 0.3) is 0 Å². The van der Waals surface area contributed by atoms with Gasteiger partial charge in [0.1, 0.15) is 0 Å². The third-order valence-electron chi connectivity index (χ3n) is 3.13. The Morgan fingerprint density at radius 2 is 2.06 bits per heavy atom. The highest BCUT2D eigenvalue weighted by Crippen LogP contribution is 2.23. The predicted molar refractivity (Wildman–Crippen MR) is 84.5 cm³/mol. The minimum absolute atomic E-state index is 0.542. The van der Waals surface area contributed by atoms with Crippen molar-refractivity contribution < 1.29 is 0 Å². The van der Waals surface area contributed by atoms with Crippen LogP contribution >= 0.6 is 27.5 Å². The maximum atomic E-state index is 6.28. The molecule has 18 heavy (non-hydrogen) atoms. The van der Waals surface area contributed by atoms with Crippen molar-refractivity contribution in [1.29, 1.82) is 0 Å². The normalized spacial score (nSPS) is 12.7. The van der Waals surface area contributed by atoms with Crippen LogP contribution in [0.15, 0.2) is 22.7 Å². The van der Waals surface area contributed by atoms with Crippen molar-refractivity contribution in [2.24, 2.45) is 0 Å². The summed E-state index contributed by atoms with van der Waals surface area (Å²) in [5, 5.41) is 4.43. The Kier molecular flexibility index (Phi) is 7.96. The Labute approximate surface area is 124 Å². The van der Waals surface area contributed by atoms with Crippen LogP contribution in [0.4, 0.5) is 0 Å². The van der Waals surface area contributed by atoms with Crippen LogP contribution in [-0.4, -0.2) is 12.6 Å². The van der Waals surface area contributed by atoms with Gasteiger partial charge in [0.2, 0.25) is 0 Å². The standard InChI is InChI=1S/C15H23BrClN/c1-3-5-6-7-14(18-4-2)10-12-8-9-13(16)11-15(12)17/h8-9,11,14,18H,3-7,10H2,1-2H3. The lowest BCUT2D eigenvalue weighted by atomic mass is 10.0. The van der Waals surface area contributed by atoms with Gasteiger partial charge in [-0.1, -0.05) is 66.7 Å². The first-order valence-electron chi connectivity index (χ1n) is 6.84. The third kappa shape index (κ3) is 5.73. The van der Waals surface area contributed by atoms with E-state index in [-0.39, 0.29) is 0 Å². The molecule has 0 fully saturated rings. The van der Waals surface area contributed by atoms with Crippen LogP contribution in [0, 0.1) is 0 Å². The Balaban J connectivity index is 2.58. The highest BCUT2D eigenvalue weighted by molar-refractivity contribution is 9.10. The van der Waals surface area contributed by atoms with Crippen LogP contribution in [0.2, 0.25) is 5.02 Å². The molecule has 0 radical (unpaired) electrons. The van der Waals surface area contributed by atoms with Crippen LogP contribution in [0.3, 0.4) is 0 Å². The summed E-state index contributed by atoms with van der Waals surface area (Å²) in [4.78, 5) is 0. The fourth-order valence-corrected chi connectivity index (χ4v) is 2.91. The molecule has 1 N–H and O–H groups in total. The van der Waals surface area contributed by atoms with Gasteiger partial charge in [-0.15, -0.1) is 0 Å². The van der Waals surface area contributed by atoms with E-state index in [4.69, 9.17) is 11.6 Å². The van der Waals surface area contributed by atoms with E-state index in [1.807, 2.05) is 6.07 Å². The maximum Gasteiger partial charge on any atom is 0.0449 e. The molecule has 0 spiro atoms. The van der Waals surface area contributed by atoms with Crippen LogP contribution in [0.5, 0.6) is 0 Å². The summed E-state index contributed by atoms with van der Waals surface area (Å²) in [5.74, 6) is 0. The lowest BCUT2D eigenvalue weighted by Crippen LogP contribution is -2.31. The smallest absolute Gasteiger partial charge is 0.0449 e. The monoisotopic (exact) mass is 331 g/mol. The molecule has 0 amide bonds. The second kappa shape index (κ2) is 8.95. The average Bonchev–Trinajstić information content (AvgIpc) is 2.33. The first-order chi connectivity index (χ1) is 8.67. The van der Waals surface area contributed by atoms with Crippen LogP contribution in [-0.2, 0) is 6.42 Å². The molecule has 102 valence electrons. The van der Waals surface area contributed by atoms with Crippen molar-refractivity contribution in [1.82, 2.24) is 5.32 Å². The zero-order valence-corrected chi connectivity index (χ0v) is 13.6. The zero-order valence-electron chi connectivity index (χ0n) is 11.3. The molecule has 1 atom stereocenters. The maximum absolute atomic E-state index is 6.28. The van der Waals surface area contributed by atoms with E-state index in [1.165, 1.54) is 31.2 Å². The molecular formula is C15H23BrClN. The number of hydrogen-bond donors (Lipinski definition) is 1. The highest BCUT2D eigenvalue weighted by Gasteiger charge is 2.10. The first-order valence-corrected chi connectivity index (χ1v) is 8.01. The highest BCUT2D eigenvalue weighted by atomic mass is 79.9. The second-order valence-corrected chi connectivity index (χ2v) is 6.01. The quantitative estimate of drug-likeness (QED) is 0.645. The van der Waals surface area contributed by atoms with E-state index in [0.29, 0.717) is 6.04 Å². The Bertz CT molecular complexity index is 354. The number of rotatable bonds is 8. The third-order valence-corrected chi connectivity index (χ3v) is 3.98. The molecule has 0 aromatic heterocycles. The molecule has 0 saturated carbocycles. The van der Waals surface area contributed by atoms with E-state index in [9.17, 15) is 0 Å². The molecule has 1 aromatic carbocycles. The lowest BCUT2D eigenvalue weighted by molar-refractivity contribution is 0.467. The number of benzene rings is 1. The summed E-state index contributed by atoms with van der Waals surface area (Å²) < 4.78 is 1.04. The van der Waals surface area contributed by atoms with Gasteiger partial charge in [-0.3, -0.25) is 0 Å². The summed E-state index contributed by atoms with van der Waals surface area (Å²) in [6.45, 7) is 5.43. The van der Waals surface area contributed by atoms with E-state index >= 15 is 0 Å². The summed E-state index contributed by atoms with van der Waals surface area (Å²) >= 11 is 9.72. The summed E-state index contributed by atoms with van der Waals surface area (Å²) in [7, 11) is 0. The molecule has 1 rings (SSSR count). The number of unbranched alkanes of at least 4 members (excludes halogenated alkanes) is 2. The SMILES string of the molecule is CCCCCC(Cc1ccc(Br)cc1Cl)NCC. The Hall–Kier alpha value is -0.0500. The molecule has 0 aliphatic heterocycles. The van der Waals surface area contributed by atoms with Gasteiger partial charge in [0.15, 0.2) is 0 Å². The summed E-state index contributed by atoms with van der Waals surface area (Å²) in [5.41, 5.74) is 1.24. The Morgan fingerprint density at radius 1 is 1.28 bits per heavy atom. The molecule has 1 nitrogen and oxygen atoms in total. The molecule has 0 aliphatic carbocycles. The van der Waals surface area contributed by atoms with E-state index in [2.05, 4.69) is 47.2 Å². The van der Waals surface area contributed by atoms with Crippen molar-refractivity contribution in [2.75, 3.05) is 6.54 Å². The number of hydrogen-bond acceptors (Lipinski definition) is 1. The van der Waals surface area contributed by atoms with E-state index < -0.39 is 0 Å². The molecule has 0 saturated heterocycles. The van der Waals surface area contributed by atoms with Crippen molar-refractivity contribution in [2.45, 2.75) is 52.0 Å². The van der Waals surface area contributed by atoms with Gasteiger partial charge < -0.3 is 5.32 Å². The molecule has 0 bridgehead atoms. The second-order valence-electron chi connectivity index (χ2n) is 4.69. The van der Waals surface area contributed by atoms with Crippen molar-refractivity contribution in [3.63, 3.8) is 0 Å². The number of likely N-dealkylation sites (N-methyl/N-ethyl adjacent to an activating group) is 1. The zero-order chi connectivity index (χ0) is 13.4. The van der Waals surface area contributed by atoms with Gasteiger partial charge >= 0.3 is 0 Å². The Morgan fingerprint density at radius 3 is 2.67 bits per heavy atom. The van der Waals surface area contributed by atoms with Gasteiger partial charge in [0.05, 0.1) is 0 Å². The van der Waals surface area contributed by atoms with Gasteiger partial charge in [-0.25, -0.2) is 0 Å². The van der Waals surface area contributed by atoms with Gasteiger partial charge in [-0.05, 0) is 37.1 Å². The number of nitrogens with one attached hydrogen (secondary N) is 1. The molecule has 0 heterocycles. The molecule has 3 heteroatoms. The first kappa shape index (κ1) is 16.0. The van der Waals surface area contributed by atoms with Crippen molar-refractivity contribution in [3.8, 4) is 0 Å². The van der Waals surface area contributed by atoms with Gasteiger partial charge in [0, 0.05) is 15.5 Å². The minimum atomic E-state index is 0.542. The van der Waals surface area contributed by atoms with Crippen molar-refractivity contribution in [3.05, 3.63) is 33.3 Å². The van der Waals surface area contributed by atoms with Crippen LogP contribution < -0.4 is 5.32 Å². The summed E-state index contributed by atoms with van der Waals surface area (Å²) in [6, 6.07) is 6.71. The van der Waals surface area contributed by atoms with Crippen LogP contribution in [0.1, 0.15) is 45.1 Å². The summed E-state index contributed by atoms with van der Waals surface area (Å²) in [6.07, 6.45) is 6.13.